The Bertz CT molecular complexity index is 505. The number of hydrogen-bond donors (Lipinski definition) is 1. The quantitative estimate of drug-likeness (QED) is 0.874. The van der Waals surface area contributed by atoms with Gasteiger partial charge in [-0.25, -0.2) is 0 Å². The monoisotopic (exact) mass is 243 g/mol. The van der Waals surface area contributed by atoms with E-state index in [4.69, 9.17) is 10.3 Å². The summed E-state index contributed by atoms with van der Waals surface area (Å²) >= 11 is 0. The SMILES string of the molecule is NC(Cc1ccccc1)c1nc(CC2CC2)no1. The Hall–Kier alpha value is -1.68. The van der Waals surface area contributed by atoms with Crippen LogP contribution in [-0.2, 0) is 12.8 Å². The highest BCUT2D eigenvalue weighted by Crippen LogP contribution is 2.31. The van der Waals surface area contributed by atoms with E-state index < -0.39 is 0 Å². The van der Waals surface area contributed by atoms with Crippen LogP contribution in [0, 0.1) is 5.92 Å². The summed E-state index contributed by atoms with van der Waals surface area (Å²) in [5.41, 5.74) is 7.28. The van der Waals surface area contributed by atoms with Gasteiger partial charge in [0.25, 0.3) is 0 Å². The number of benzene rings is 1. The highest BCUT2D eigenvalue weighted by atomic mass is 16.5. The molecule has 0 saturated heterocycles. The van der Waals surface area contributed by atoms with Gasteiger partial charge in [0, 0.05) is 6.42 Å². The molecule has 0 amide bonds. The van der Waals surface area contributed by atoms with Crippen molar-refractivity contribution in [2.75, 3.05) is 0 Å². The molecule has 1 aliphatic rings. The molecule has 0 aliphatic heterocycles. The maximum absolute atomic E-state index is 6.09. The van der Waals surface area contributed by atoms with Gasteiger partial charge in [-0.2, -0.15) is 4.98 Å². The average Bonchev–Trinajstić information content (AvgIpc) is 3.06. The molecule has 2 N–H and O–H groups in total. The van der Waals surface area contributed by atoms with Gasteiger partial charge < -0.3 is 10.3 Å². The topological polar surface area (TPSA) is 64.9 Å². The third kappa shape index (κ3) is 2.76. The zero-order valence-electron chi connectivity index (χ0n) is 10.2. The molecule has 18 heavy (non-hydrogen) atoms. The first-order valence-electron chi connectivity index (χ1n) is 6.43. The largest absolute Gasteiger partial charge is 0.338 e. The highest BCUT2D eigenvalue weighted by molar-refractivity contribution is 5.16. The first-order chi connectivity index (χ1) is 8.81. The summed E-state index contributed by atoms with van der Waals surface area (Å²) in [4.78, 5) is 4.38. The fourth-order valence-corrected chi connectivity index (χ4v) is 2.04. The van der Waals surface area contributed by atoms with Crippen molar-refractivity contribution in [3.8, 4) is 0 Å². The number of nitrogens with zero attached hydrogens (tertiary/aromatic N) is 2. The fraction of sp³-hybridized carbons (Fsp3) is 0.429. The van der Waals surface area contributed by atoms with Crippen LogP contribution in [0.25, 0.3) is 0 Å². The summed E-state index contributed by atoms with van der Waals surface area (Å²) < 4.78 is 5.24. The Morgan fingerprint density at radius 1 is 1.28 bits per heavy atom. The zero-order valence-corrected chi connectivity index (χ0v) is 10.2. The molecule has 1 heterocycles. The van der Waals surface area contributed by atoms with Gasteiger partial charge in [0.05, 0.1) is 6.04 Å². The Morgan fingerprint density at radius 3 is 2.78 bits per heavy atom. The molecule has 4 nitrogen and oxygen atoms in total. The lowest BCUT2D eigenvalue weighted by molar-refractivity contribution is 0.349. The maximum atomic E-state index is 6.09. The summed E-state index contributed by atoms with van der Waals surface area (Å²) in [6.07, 6.45) is 4.24. The van der Waals surface area contributed by atoms with Crippen LogP contribution in [0.15, 0.2) is 34.9 Å². The Kier molecular flexibility index (Phi) is 3.11. The van der Waals surface area contributed by atoms with Crippen LogP contribution in [0.4, 0.5) is 0 Å². The molecule has 1 aromatic heterocycles. The van der Waals surface area contributed by atoms with Crippen LogP contribution in [0.1, 0.15) is 36.2 Å². The molecular weight excluding hydrogens is 226 g/mol. The van der Waals surface area contributed by atoms with Crippen molar-refractivity contribution in [2.45, 2.75) is 31.7 Å². The Labute approximate surface area is 106 Å². The second-order valence-corrected chi connectivity index (χ2v) is 4.99. The van der Waals surface area contributed by atoms with Crippen LogP contribution < -0.4 is 5.73 Å². The zero-order chi connectivity index (χ0) is 12.4. The van der Waals surface area contributed by atoms with E-state index in [0.717, 1.165) is 24.6 Å². The smallest absolute Gasteiger partial charge is 0.243 e. The third-order valence-electron chi connectivity index (χ3n) is 3.27. The molecule has 0 spiro atoms. The van der Waals surface area contributed by atoms with Crippen molar-refractivity contribution in [2.24, 2.45) is 11.7 Å². The van der Waals surface area contributed by atoms with Crippen LogP contribution in [-0.4, -0.2) is 10.1 Å². The molecule has 0 bridgehead atoms. The molecule has 2 aromatic rings. The molecule has 1 aromatic carbocycles. The molecule has 1 aliphatic carbocycles. The summed E-state index contributed by atoms with van der Waals surface area (Å²) in [5, 5.41) is 3.99. The molecule has 1 fully saturated rings. The van der Waals surface area contributed by atoms with Crippen molar-refractivity contribution in [3.63, 3.8) is 0 Å². The summed E-state index contributed by atoms with van der Waals surface area (Å²) in [6, 6.07) is 9.91. The van der Waals surface area contributed by atoms with E-state index >= 15 is 0 Å². The molecule has 3 rings (SSSR count). The van der Waals surface area contributed by atoms with E-state index in [-0.39, 0.29) is 6.04 Å². The van der Waals surface area contributed by atoms with Crippen molar-refractivity contribution >= 4 is 0 Å². The van der Waals surface area contributed by atoms with Gasteiger partial charge in [0.1, 0.15) is 0 Å². The number of nitrogens with two attached hydrogens (primary N) is 1. The minimum absolute atomic E-state index is 0.215. The van der Waals surface area contributed by atoms with Crippen LogP contribution in [0.3, 0.4) is 0 Å². The summed E-state index contributed by atoms with van der Waals surface area (Å²) in [7, 11) is 0. The predicted molar refractivity (Wildman–Crippen MR) is 67.8 cm³/mol. The van der Waals surface area contributed by atoms with Crippen LogP contribution >= 0.6 is 0 Å². The van der Waals surface area contributed by atoms with Gasteiger partial charge in [-0.3, -0.25) is 0 Å². The third-order valence-corrected chi connectivity index (χ3v) is 3.27. The minimum atomic E-state index is -0.215. The fourth-order valence-electron chi connectivity index (χ4n) is 2.04. The molecule has 0 radical (unpaired) electrons. The minimum Gasteiger partial charge on any atom is -0.338 e. The van der Waals surface area contributed by atoms with Crippen LogP contribution in [0.2, 0.25) is 0 Å². The normalized spacial score (nSPS) is 16.7. The van der Waals surface area contributed by atoms with Gasteiger partial charge in [0.2, 0.25) is 5.89 Å². The molecular formula is C14H17N3O. The van der Waals surface area contributed by atoms with Crippen LogP contribution in [0.5, 0.6) is 0 Å². The van der Waals surface area contributed by atoms with Gasteiger partial charge in [-0.05, 0) is 30.7 Å². The lowest BCUT2D eigenvalue weighted by atomic mass is 10.1. The highest BCUT2D eigenvalue weighted by Gasteiger charge is 2.24. The molecule has 1 saturated carbocycles. The number of rotatable bonds is 5. The standard InChI is InChI=1S/C14H17N3O/c15-12(8-10-4-2-1-3-5-10)14-16-13(17-18-14)9-11-6-7-11/h1-5,11-12H,6-9,15H2. The van der Waals surface area contributed by atoms with E-state index in [0.29, 0.717) is 5.89 Å². The van der Waals surface area contributed by atoms with E-state index in [1.54, 1.807) is 0 Å². The van der Waals surface area contributed by atoms with Crippen molar-refractivity contribution in [1.29, 1.82) is 0 Å². The van der Waals surface area contributed by atoms with Crippen molar-refractivity contribution in [3.05, 3.63) is 47.6 Å². The van der Waals surface area contributed by atoms with Crippen molar-refractivity contribution in [1.82, 2.24) is 10.1 Å². The second-order valence-electron chi connectivity index (χ2n) is 4.99. The molecule has 1 atom stereocenters. The van der Waals surface area contributed by atoms with E-state index in [2.05, 4.69) is 22.3 Å². The summed E-state index contributed by atoms with van der Waals surface area (Å²) in [6.45, 7) is 0. The van der Waals surface area contributed by atoms with Gasteiger partial charge in [-0.15, -0.1) is 0 Å². The molecule has 4 heteroatoms. The lowest BCUT2D eigenvalue weighted by Crippen LogP contribution is -2.13. The van der Waals surface area contributed by atoms with E-state index in [1.165, 1.54) is 18.4 Å². The Morgan fingerprint density at radius 2 is 2.06 bits per heavy atom. The predicted octanol–water partition coefficient (Wildman–Crippen LogP) is 2.26. The van der Waals surface area contributed by atoms with E-state index in [1.807, 2.05) is 18.2 Å². The number of hydrogen-bond acceptors (Lipinski definition) is 4. The lowest BCUT2D eigenvalue weighted by Gasteiger charge is -2.05. The van der Waals surface area contributed by atoms with Gasteiger partial charge in [0.15, 0.2) is 5.82 Å². The molecule has 1 unspecified atom stereocenters. The Balaban J connectivity index is 1.64. The first-order valence-corrected chi connectivity index (χ1v) is 6.43. The van der Waals surface area contributed by atoms with E-state index in [9.17, 15) is 0 Å². The van der Waals surface area contributed by atoms with Gasteiger partial charge >= 0.3 is 0 Å². The molecule has 94 valence electrons. The average molecular weight is 243 g/mol. The van der Waals surface area contributed by atoms with Gasteiger partial charge in [-0.1, -0.05) is 35.5 Å². The first kappa shape index (κ1) is 11.4. The number of aromatic nitrogens is 2. The summed E-state index contributed by atoms with van der Waals surface area (Å²) in [5.74, 6) is 2.12. The van der Waals surface area contributed by atoms with Crippen molar-refractivity contribution < 1.29 is 4.52 Å². The second kappa shape index (κ2) is 4.90. The maximum Gasteiger partial charge on any atom is 0.243 e.